The van der Waals surface area contributed by atoms with Crippen LogP contribution in [-0.4, -0.2) is 29.6 Å². The van der Waals surface area contributed by atoms with E-state index in [0.29, 0.717) is 13.1 Å². The average Bonchev–Trinajstić information content (AvgIpc) is 2.14. The van der Waals surface area contributed by atoms with E-state index in [0.717, 1.165) is 12.7 Å². The summed E-state index contributed by atoms with van der Waals surface area (Å²) >= 11 is 0. The van der Waals surface area contributed by atoms with Gasteiger partial charge in [0.2, 0.25) is 0 Å². The maximum atomic E-state index is 10.0. The fraction of sp³-hybridized carbons (Fsp3) is 0.800. The minimum absolute atomic E-state index is 0.0694. The Morgan fingerprint density at radius 1 is 1.75 bits per heavy atom. The van der Waals surface area contributed by atoms with Crippen molar-refractivity contribution in [2.75, 3.05) is 13.1 Å². The van der Waals surface area contributed by atoms with E-state index in [1.807, 2.05) is 0 Å². The molecule has 1 N–H and O–H groups in total. The van der Waals surface area contributed by atoms with Crippen molar-refractivity contribution in [1.29, 1.82) is 0 Å². The molecule has 0 amide bonds. The van der Waals surface area contributed by atoms with Crippen molar-refractivity contribution in [1.82, 2.24) is 5.06 Å². The molecule has 1 unspecified atom stereocenters. The van der Waals surface area contributed by atoms with Gasteiger partial charge in [0.05, 0.1) is 0 Å². The van der Waals surface area contributed by atoms with Crippen molar-refractivity contribution in [2.24, 2.45) is 5.92 Å². The molecule has 1 heterocycles. The number of nitrogens with zero attached hydrogens (tertiary/aromatic N) is 1. The number of aldehydes is 1. The molecule has 3 heteroatoms. The molecular weight excluding hydrogens is 106 g/mol. The molecule has 0 aromatic heterocycles. The van der Waals surface area contributed by atoms with Gasteiger partial charge in [0.1, 0.15) is 6.29 Å². The Bertz CT molecular complexity index is 94.4. The normalized spacial score (nSPS) is 30.9. The molecular formula is C5H9NO2. The monoisotopic (exact) mass is 115 g/mol. The molecule has 8 heavy (non-hydrogen) atoms. The highest BCUT2D eigenvalue weighted by molar-refractivity contribution is 5.54. The van der Waals surface area contributed by atoms with Crippen LogP contribution in [0.2, 0.25) is 0 Å². The predicted octanol–water partition coefficient (Wildman–Crippen LogP) is -0.104. The highest BCUT2D eigenvalue weighted by Gasteiger charge is 2.19. The highest BCUT2D eigenvalue weighted by Crippen LogP contribution is 2.09. The maximum absolute atomic E-state index is 10.0. The van der Waals surface area contributed by atoms with E-state index in [1.54, 1.807) is 0 Å². The van der Waals surface area contributed by atoms with Crippen molar-refractivity contribution >= 4 is 6.29 Å². The van der Waals surface area contributed by atoms with Crippen LogP contribution < -0.4 is 0 Å². The molecule has 1 atom stereocenters. The standard InChI is InChI=1S/C5H9NO2/c7-4-5-1-2-6(8)3-5/h4-5,8H,1-3H2. The molecule has 46 valence electrons. The molecule has 0 bridgehead atoms. The number of carbonyl (C=O) groups is 1. The van der Waals surface area contributed by atoms with E-state index in [2.05, 4.69) is 0 Å². The van der Waals surface area contributed by atoms with Crippen LogP contribution in [-0.2, 0) is 4.79 Å². The molecule has 0 aliphatic carbocycles. The third kappa shape index (κ3) is 1.05. The Hall–Kier alpha value is -0.410. The van der Waals surface area contributed by atoms with Gasteiger partial charge < -0.3 is 10.0 Å². The van der Waals surface area contributed by atoms with Gasteiger partial charge in [-0.15, -0.1) is 0 Å². The van der Waals surface area contributed by atoms with E-state index in [-0.39, 0.29) is 5.92 Å². The third-order valence-corrected chi connectivity index (χ3v) is 1.40. The molecule has 1 aliphatic heterocycles. The van der Waals surface area contributed by atoms with Gasteiger partial charge in [-0.2, -0.15) is 5.06 Å². The van der Waals surface area contributed by atoms with Crippen LogP contribution in [0.15, 0.2) is 0 Å². The molecule has 3 nitrogen and oxygen atoms in total. The Labute approximate surface area is 47.9 Å². The molecule has 0 aromatic rings. The lowest BCUT2D eigenvalue weighted by atomic mass is 10.1. The van der Waals surface area contributed by atoms with Gasteiger partial charge in [-0.1, -0.05) is 0 Å². The molecule has 1 aliphatic rings. The SMILES string of the molecule is O=CC1CCN(O)C1. The summed E-state index contributed by atoms with van der Waals surface area (Å²) in [4.78, 5) is 10.0. The Balaban J connectivity index is 2.32. The minimum Gasteiger partial charge on any atom is -0.314 e. The second-order valence-electron chi connectivity index (χ2n) is 2.10. The predicted molar refractivity (Wildman–Crippen MR) is 27.5 cm³/mol. The number of carbonyl (C=O) groups excluding carboxylic acids is 1. The van der Waals surface area contributed by atoms with Crippen LogP contribution >= 0.6 is 0 Å². The first-order chi connectivity index (χ1) is 3.83. The Morgan fingerprint density at radius 3 is 2.75 bits per heavy atom. The van der Waals surface area contributed by atoms with Crippen molar-refractivity contribution in [2.45, 2.75) is 6.42 Å². The summed E-state index contributed by atoms with van der Waals surface area (Å²) in [5.74, 6) is 0.0694. The minimum atomic E-state index is 0.0694. The van der Waals surface area contributed by atoms with Gasteiger partial charge in [0, 0.05) is 19.0 Å². The van der Waals surface area contributed by atoms with Crippen molar-refractivity contribution in [3.8, 4) is 0 Å². The summed E-state index contributed by atoms with van der Waals surface area (Å²) < 4.78 is 0. The first-order valence-corrected chi connectivity index (χ1v) is 2.72. The van der Waals surface area contributed by atoms with E-state index in [4.69, 9.17) is 5.21 Å². The third-order valence-electron chi connectivity index (χ3n) is 1.40. The van der Waals surface area contributed by atoms with E-state index in [1.165, 1.54) is 5.06 Å². The lowest BCUT2D eigenvalue weighted by molar-refractivity contribution is -0.113. The quantitative estimate of drug-likeness (QED) is 0.485. The largest absolute Gasteiger partial charge is 0.314 e. The summed E-state index contributed by atoms with van der Waals surface area (Å²) in [5, 5.41) is 9.88. The second-order valence-corrected chi connectivity index (χ2v) is 2.10. The summed E-state index contributed by atoms with van der Waals surface area (Å²) in [7, 11) is 0. The molecule has 1 rings (SSSR count). The van der Waals surface area contributed by atoms with Crippen LogP contribution in [0.25, 0.3) is 0 Å². The molecule has 1 saturated heterocycles. The van der Waals surface area contributed by atoms with Crippen LogP contribution in [0.5, 0.6) is 0 Å². The van der Waals surface area contributed by atoms with Gasteiger partial charge in [0.15, 0.2) is 0 Å². The van der Waals surface area contributed by atoms with Crippen molar-refractivity contribution in [3.05, 3.63) is 0 Å². The van der Waals surface area contributed by atoms with E-state index >= 15 is 0 Å². The fourth-order valence-electron chi connectivity index (χ4n) is 0.879. The lowest BCUT2D eigenvalue weighted by Gasteiger charge is -2.00. The number of hydrogen-bond donors (Lipinski definition) is 1. The smallest absolute Gasteiger partial charge is 0.124 e. The number of hydroxylamine groups is 2. The lowest BCUT2D eigenvalue weighted by Crippen LogP contribution is -2.15. The zero-order valence-corrected chi connectivity index (χ0v) is 4.58. The summed E-state index contributed by atoms with van der Waals surface area (Å²) in [6.45, 7) is 1.16. The van der Waals surface area contributed by atoms with Gasteiger partial charge >= 0.3 is 0 Å². The van der Waals surface area contributed by atoms with Crippen LogP contribution in [0.4, 0.5) is 0 Å². The molecule has 0 saturated carbocycles. The highest BCUT2D eigenvalue weighted by atomic mass is 16.5. The fourth-order valence-corrected chi connectivity index (χ4v) is 0.879. The molecule has 0 aromatic carbocycles. The Morgan fingerprint density at radius 2 is 2.50 bits per heavy atom. The van der Waals surface area contributed by atoms with Gasteiger partial charge in [-0.25, -0.2) is 0 Å². The van der Waals surface area contributed by atoms with Crippen molar-refractivity contribution < 1.29 is 10.0 Å². The topological polar surface area (TPSA) is 40.5 Å². The van der Waals surface area contributed by atoms with Crippen LogP contribution in [0, 0.1) is 5.92 Å². The molecule has 0 radical (unpaired) electrons. The van der Waals surface area contributed by atoms with E-state index < -0.39 is 0 Å². The van der Waals surface area contributed by atoms with E-state index in [9.17, 15) is 4.79 Å². The summed E-state index contributed by atoms with van der Waals surface area (Å²) in [6.07, 6.45) is 1.70. The first kappa shape index (κ1) is 5.72. The summed E-state index contributed by atoms with van der Waals surface area (Å²) in [5.41, 5.74) is 0. The summed E-state index contributed by atoms with van der Waals surface area (Å²) in [6, 6.07) is 0. The van der Waals surface area contributed by atoms with Gasteiger partial charge in [-0.05, 0) is 6.42 Å². The zero-order valence-electron chi connectivity index (χ0n) is 4.58. The molecule has 0 spiro atoms. The van der Waals surface area contributed by atoms with Gasteiger partial charge in [-0.3, -0.25) is 0 Å². The Kier molecular flexibility index (Phi) is 1.60. The maximum Gasteiger partial charge on any atom is 0.124 e. The average molecular weight is 115 g/mol. The number of rotatable bonds is 1. The van der Waals surface area contributed by atoms with Crippen molar-refractivity contribution in [3.63, 3.8) is 0 Å². The first-order valence-electron chi connectivity index (χ1n) is 2.72. The van der Waals surface area contributed by atoms with Crippen LogP contribution in [0.3, 0.4) is 0 Å². The van der Waals surface area contributed by atoms with Crippen LogP contribution in [0.1, 0.15) is 6.42 Å². The van der Waals surface area contributed by atoms with Gasteiger partial charge in [0.25, 0.3) is 0 Å². The zero-order chi connectivity index (χ0) is 5.98. The number of hydrogen-bond acceptors (Lipinski definition) is 3. The molecule has 1 fully saturated rings. The second kappa shape index (κ2) is 2.24.